The Morgan fingerprint density at radius 1 is 1.26 bits per heavy atom. The van der Waals surface area contributed by atoms with Gasteiger partial charge in [-0.3, -0.25) is 4.79 Å². The maximum absolute atomic E-state index is 12.3. The van der Waals surface area contributed by atoms with Gasteiger partial charge < -0.3 is 9.80 Å². The molecule has 1 aromatic rings. The Labute approximate surface area is 120 Å². The summed E-state index contributed by atoms with van der Waals surface area (Å²) >= 11 is 1.75. The fraction of sp³-hybridized carbons (Fsp3) is 0.533. The summed E-state index contributed by atoms with van der Waals surface area (Å²) in [6, 6.07) is 8.52. The Hall–Kier alpha value is -1.00. The van der Waals surface area contributed by atoms with E-state index in [1.54, 1.807) is 11.8 Å². The second-order valence-corrected chi connectivity index (χ2v) is 6.80. The zero-order valence-electron chi connectivity index (χ0n) is 12.1. The molecule has 0 unspecified atom stereocenters. The lowest BCUT2D eigenvalue weighted by atomic mass is 10.1. The smallest absolute Gasteiger partial charge is 0.236 e. The minimum Gasteiger partial charge on any atom is -0.324 e. The van der Waals surface area contributed by atoms with Crippen molar-refractivity contribution in [1.29, 1.82) is 0 Å². The monoisotopic (exact) mass is 278 g/mol. The molecule has 1 saturated heterocycles. The van der Waals surface area contributed by atoms with Crippen LogP contribution in [0.1, 0.15) is 23.4 Å². The average Bonchev–Trinajstić information content (AvgIpc) is 2.64. The number of aryl methyl sites for hydroxylation is 1. The number of hydrogen-bond donors (Lipinski definition) is 0. The van der Waals surface area contributed by atoms with E-state index in [4.69, 9.17) is 0 Å². The van der Waals surface area contributed by atoms with E-state index in [1.807, 2.05) is 25.9 Å². The van der Waals surface area contributed by atoms with Crippen LogP contribution in [0.5, 0.6) is 0 Å². The molecular weight excluding hydrogens is 256 g/mol. The maximum atomic E-state index is 12.3. The molecular formula is C15H22N2OS. The Morgan fingerprint density at radius 2 is 1.89 bits per heavy atom. The Bertz CT molecular complexity index is 444. The molecule has 1 aliphatic heterocycles. The Morgan fingerprint density at radius 3 is 2.47 bits per heavy atom. The second-order valence-electron chi connectivity index (χ2n) is 5.38. The molecule has 1 amide bonds. The van der Waals surface area contributed by atoms with Crippen LogP contribution in [-0.4, -0.2) is 48.1 Å². The summed E-state index contributed by atoms with van der Waals surface area (Å²) in [7, 11) is 4.08. The SMILES string of the molecule is Cc1ccc([C@H]2S[C@@H](C)C(=O)N2CCN(C)C)cc1. The molecule has 2 rings (SSSR count). The molecule has 1 aliphatic rings. The highest BCUT2D eigenvalue weighted by atomic mass is 32.2. The molecule has 19 heavy (non-hydrogen) atoms. The molecule has 1 aromatic carbocycles. The number of benzene rings is 1. The molecule has 4 heteroatoms. The van der Waals surface area contributed by atoms with Crippen molar-refractivity contribution in [2.45, 2.75) is 24.5 Å². The standard InChI is InChI=1S/C15H22N2OS/c1-11-5-7-13(8-6-11)15-17(10-9-16(3)4)14(18)12(2)19-15/h5-8,12,15H,9-10H2,1-4H3/t12-,15+/m0/s1. The van der Waals surface area contributed by atoms with Gasteiger partial charge in [-0.1, -0.05) is 29.8 Å². The van der Waals surface area contributed by atoms with E-state index in [-0.39, 0.29) is 16.5 Å². The predicted octanol–water partition coefficient (Wildman–Crippen LogP) is 2.52. The van der Waals surface area contributed by atoms with Crippen molar-refractivity contribution in [2.24, 2.45) is 0 Å². The zero-order valence-corrected chi connectivity index (χ0v) is 12.9. The molecule has 104 valence electrons. The number of carbonyl (C=O) groups is 1. The number of likely N-dealkylation sites (N-methyl/N-ethyl adjacent to an activating group) is 1. The van der Waals surface area contributed by atoms with E-state index in [1.165, 1.54) is 11.1 Å². The highest BCUT2D eigenvalue weighted by molar-refractivity contribution is 8.01. The molecule has 0 saturated carbocycles. The summed E-state index contributed by atoms with van der Waals surface area (Å²) in [5.41, 5.74) is 2.48. The number of nitrogens with zero attached hydrogens (tertiary/aromatic N) is 2. The lowest BCUT2D eigenvalue weighted by Gasteiger charge is -2.25. The lowest BCUT2D eigenvalue weighted by Crippen LogP contribution is -2.36. The molecule has 0 radical (unpaired) electrons. The minimum absolute atomic E-state index is 0.0634. The fourth-order valence-electron chi connectivity index (χ4n) is 2.20. The van der Waals surface area contributed by atoms with Crippen LogP contribution in [0.4, 0.5) is 0 Å². The van der Waals surface area contributed by atoms with Gasteiger partial charge >= 0.3 is 0 Å². The van der Waals surface area contributed by atoms with E-state index in [9.17, 15) is 4.79 Å². The van der Waals surface area contributed by atoms with Crippen LogP contribution in [0.3, 0.4) is 0 Å². The Kier molecular flexibility index (Phi) is 4.53. The van der Waals surface area contributed by atoms with Crippen LogP contribution in [0, 0.1) is 6.92 Å². The van der Waals surface area contributed by atoms with Gasteiger partial charge in [-0.2, -0.15) is 0 Å². The highest BCUT2D eigenvalue weighted by Crippen LogP contribution is 2.42. The number of carbonyl (C=O) groups excluding carboxylic acids is 1. The van der Waals surface area contributed by atoms with E-state index in [0.717, 1.165) is 13.1 Å². The van der Waals surface area contributed by atoms with Gasteiger partial charge in [0.1, 0.15) is 5.37 Å². The lowest BCUT2D eigenvalue weighted by molar-refractivity contribution is -0.129. The first-order valence-electron chi connectivity index (χ1n) is 6.66. The van der Waals surface area contributed by atoms with Gasteiger partial charge in [0.25, 0.3) is 0 Å². The van der Waals surface area contributed by atoms with Crippen LogP contribution >= 0.6 is 11.8 Å². The van der Waals surface area contributed by atoms with Crippen molar-refractivity contribution in [3.8, 4) is 0 Å². The summed E-state index contributed by atoms with van der Waals surface area (Å²) in [6.45, 7) is 5.79. The summed E-state index contributed by atoms with van der Waals surface area (Å²) in [4.78, 5) is 16.4. The van der Waals surface area contributed by atoms with Crippen molar-refractivity contribution < 1.29 is 4.79 Å². The molecule has 0 aromatic heterocycles. The van der Waals surface area contributed by atoms with E-state index >= 15 is 0 Å². The third kappa shape index (κ3) is 3.31. The molecule has 2 atom stereocenters. The molecule has 0 aliphatic carbocycles. The number of rotatable bonds is 4. The average molecular weight is 278 g/mol. The molecule has 1 fully saturated rings. The van der Waals surface area contributed by atoms with Crippen molar-refractivity contribution in [3.63, 3.8) is 0 Å². The quantitative estimate of drug-likeness (QED) is 0.845. The largest absolute Gasteiger partial charge is 0.324 e. The van der Waals surface area contributed by atoms with Crippen molar-refractivity contribution >= 4 is 17.7 Å². The molecule has 3 nitrogen and oxygen atoms in total. The number of hydrogen-bond acceptors (Lipinski definition) is 3. The Balaban J connectivity index is 2.17. The zero-order chi connectivity index (χ0) is 14.0. The molecule has 1 heterocycles. The predicted molar refractivity (Wildman–Crippen MR) is 81.2 cm³/mol. The number of amides is 1. The molecule has 0 bridgehead atoms. The van der Waals surface area contributed by atoms with Gasteiger partial charge in [0, 0.05) is 13.1 Å². The first-order valence-corrected chi connectivity index (χ1v) is 7.60. The van der Waals surface area contributed by atoms with E-state index < -0.39 is 0 Å². The molecule has 0 N–H and O–H groups in total. The third-order valence-corrected chi connectivity index (χ3v) is 4.79. The van der Waals surface area contributed by atoms with Gasteiger partial charge in [0.2, 0.25) is 5.91 Å². The third-order valence-electron chi connectivity index (χ3n) is 3.40. The van der Waals surface area contributed by atoms with Gasteiger partial charge in [-0.05, 0) is 33.5 Å². The van der Waals surface area contributed by atoms with Crippen LogP contribution in [0.2, 0.25) is 0 Å². The van der Waals surface area contributed by atoms with E-state index in [0.29, 0.717) is 0 Å². The topological polar surface area (TPSA) is 23.6 Å². The van der Waals surface area contributed by atoms with Crippen LogP contribution in [-0.2, 0) is 4.79 Å². The normalized spacial score (nSPS) is 23.4. The fourth-order valence-corrected chi connectivity index (χ4v) is 3.51. The summed E-state index contributed by atoms with van der Waals surface area (Å²) in [6.07, 6.45) is 0. The summed E-state index contributed by atoms with van der Waals surface area (Å²) in [5, 5.41) is 0.233. The maximum Gasteiger partial charge on any atom is 0.236 e. The minimum atomic E-state index is 0.0634. The molecule has 0 spiro atoms. The van der Waals surface area contributed by atoms with E-state index in [2.05, 4.69) is 36.1 Å². The van der Waals surface area contributed by atoms with Crippen LogP contribution < -0.4 is 0 Å². The van der Waals surface area contributed by atoms with Crippen LogP contribution in [0.25, 0.3) is 0 Å². The van der Waals surface area contributed by atoms with Gasteiger partial charge in [-0.15, -0.1) is 11.8 Å². The number of thioether (sulfide) groups is 1. The summed E-state index contributed by atoms with van der Waals surface area (Å²) in [5.74, 6) is 0.262. The van der Waals surface area contributed by atoms with Gasteiger partial charge in [0.15, 0.2) is 0 Å². The summed E-state index contributed by atoms with van der Waals surface area (Å²) < 4.78 is 0. The van der Waals surface area contributed by atoms with Gasteiger partial charge in [0.05, 0.1) is 5.25 Å². The first-order chi connectivity index (χ1) is 8.99. The first kappa shape index (κ1) is 14.4. The highest BCUT2D eigenvalue weighted by Gasteiger charge is 2.37. The van der Waals surface area contributed by atoms with Gasteiger partial charge in [-0.25, -0.2) is 0 Å². The van der Waals surface area contributed by atoms with Crippen molar-refractivity contribution in [1.82, 2.24) is 9.80 Å². The van der Waals surface area contributed by atoms with Crippen molar-refractivity contribution in [3.05, 3.63) is 35.4 Å². The van der Waals surface area contributed by atoms with Crippen LogP contribution in [0.15, 0.2) is 24.3 Å². The van der Waals surface area contributed by atoms with Crippen molar-refractivity contribution in [2.75, 3.05) is 27.2 Å². The second kappa shape index (κ2) is 5.97.